The summed E-state index contributed by atoms with van der Waals surface area (Å²) in [6.07, 6.45) is 6.59. The maximum atomic E-state index is 13.3. The molecule has 19 heavy (non-hydrogen) atoms. The maximum Gasteiger partial charge on any atom is 0.141 e. The van der Waals surface area contributed by atoms with Crippen LogP contribution in [0, 0.1) is 11.7 Å². The van der Waals surface area contributed by atoms with Gasteiger partial charge in [-0.15, -0.1) is 0 Å². The van der Waals surface area contributed by atoms with Crippen LogP contribution in [0.5, 0.6) is 0 Å². The van der Waals surface area contributed by atoms with Crippen molar-refractivity contribution in [2.45, 2.75) is 45.2 Å². The minimum atomic E-state index is -0.267. The summed E-state index contributed by atoms with van der Waals surface area (Å²) in [5.41, 5.74) is 6.86. The molecule has 0 radical (unpaired) electrons. The van der Waals surface area contributed by atoms with Gasteiger partial charge in [-0.05, 0) is 43.9 Å². The smallest absolute Gasteiger partial charge is 0.141 e. The van der Waals surface area contributed by atoms with Gasteiger partial charge < -0.3 is 5.73 Å². The Kier molecular flexibility index (Phi) is 4.88. The summed E-state index contributed by atoms with van der Waals surface area (Å²) < 4.78 is 13.3. The van der Waals surface area contributed by atoms with Crippen molar-refractivity contribution in [3.05, 3.63) is 29.8 Å². The third-order valence-electron chi connectivity index (χ3n) is 4.43. The second-order valence-corrected chi connectivity index (χ2v) is 5.54. The monoisotopic (exact) mass is 265 g/mol. The molecular weight excluding hydrogens is 241 g/mol. The molecule has 0 aromatic carbocycles. The Labute approximate surface area is 115 Å². The van der Waals surface area contributed by atoms with Crippen LogP contribution in [-0.4, -0.2) is 29.0 Å². The lowest BCUT2D eigenvalue weighted by atomic mass is 9.87. The number of hydrogen-bond acceptors (Lipinski definition) is 3. The molecular formula is C15H24FN3. The van der Waals surface area contributed by atoms with Gasteiger partial charge in [0.05, 0.1) is 6.20 Å². The molecule has 3 unspecified atom stereocenters. The summed E-state index contributed by atoms with van der Waals surface area (Å²) in [6, 6.07) is 2.16. The number of aromatic nitrogens is 1. The van der Waals surface area contributed by atoms with Crippen LogP contribution in [-0.2, 0) is 0 Å². The Hall–Kier alpha value is -1.00. The molecule has 2 N–H and O–H groups in total. The van der Waals surface area contributed by atoms with Crippen molar-refractivity contribution >= 4 is 0 Å². The molecule has 0 saturated carbocycles. The van der Waals surface area contributed by atoms with Crippen LogP contribution >= 0.6 is 0 Å². The van der Waals surface area contributed by atoms with Gasteiger partial charge in [0.25, 0.3) is 0 Å². The Bertz CT molecular complexity index is 410. The highest BCUT2D eigenvalue weighted by Gasteiger charge is 2.30. The van der Waals surface area contributed by atoms with Crippen molar-refractivity contribution in [2.24, 2.45) is 11.7 Å². The number of rotatable bonds is 4. The minimum Gasteiger partial charge on any atom is -0.329 e. The fourth-order valence-electron chi connectivity index (χ4n) is 3.11. The Morgan fingerprint density at radius 3 is 2.95 bits per heavy atom. The normalized spacial score (nSPS) is 26.3. The summed E-state index contributed by atoms with van der Waals surface area (Å²) in [4.78, 5) is 6.35. The van der Waals surface area contributed by atoms with E-state index in [9.17, 15) is 4.39 Å². The van der Waals surface area contributed by atoms with Crippen LogP contribution in [0.2, 0.25) is 0 Å². The fraction of sp³-hybridized carbons (Fsp3) is 0.667. The number of halogens is 1. The van der Waals surface area contributed by atoms with Gasteiger partial charge in [-0.2, -0.15) is 0 Å². The molecule has 0 bridgehead atoms. The fourth-order valence-corrected chi connectivity index (χ4v) is 3.11. The van der Waals surface area contributed by atoms with E-state index < -0.39 is 0 Å². The average Bonchev–Trinajstić information content (AvgIpc) is 2.45. The summed E-state index contributed by atoms with van der Waals surface area (Å²) in [7, 11) is 0. The molecule has 1 aliphatic rings. The van der Waals surface area contributed by atoms with Gasteiger partial charge in [-0.3, -0.25) is 9.88 Å². The first kappa shape index (κ1) is 14.4. The number of nitrogens with zero attached hydrogens (tertiary/aromatic N) is 2. The third-order valence-corrected chi connectivity index (χ3v) is 4.43. The highest BCUT2D eigenvalue weighted by Crippen LogP contribution is 2.31. The van der Waals surface area contributed by atoms with E-state index in [0.717, 1.165) is 24.4 Å². The van der Waals surface area contributed by atoms with Gasteiger partial charge in [-0.1, -0.05) is 13.3 Å². The lowest BCUT2D eigenvalue weighted by Gasteiger charge is -2.42. The van der Waals surface area contributed by atoms with E-state index >= 15 is 0 Å². The van der Waals surface area contributed by atoms with Gasteiger partial charge >= 0.3 is 0 Å². The van der Waals surface area contributed by atoms with Crippen molar-refractivity contribution in [1.29, 1.82) is 0 Å². The van der Waals surface area contributed by atoms with E-state index in [1.165, 1.54) is 19.0 Å². The van der Waals surface area contributed by atoms with Gasteiger partial charge in [0, 0.05) is 24.8 Å². The molecule has 1 aliphatic heterocycles. The number of hydrogen-bond donors (Lipinski definition) is 1. The third kappa shape index (κ3) is 3.31. The van der Waals surface area contributed by atoms with E-state index in [0.29, 0.717) is 12.6 Å². The standard InChI is InChI=1S/C15H24FN3/c1-3-12-4-5-19(15(6-12)8-17)11(2)13-7-14(16)10-18-9-13/h7,9-12,15H,3-6,8,17H2,1-2H3. The van der Waals surface area contributed by atoms with Gasteiger partial charge in [0.1, 0.15) is 5.82 Å². The highest BCUT2D eigenvalue weighted by molar-refractivity contribution is 5.15. The molecule has 2 rings (SSSR count). The predicted octanol–water partition coefficient (Wildman–Crippen LogP) is 2.73. The van der Waals surface area contributed by atoms with E-state index in [2.05, 4.69) is 23.7 Å². The molecule has 1 fully saturated rings. The van der Waals surface area contributed by atoms with Gasteiger partial charge in [0.2, 0.25) is 0 Å². The van der Waals surface area contributed by atoms with Crippen LogP contribution in [0.4, 0.5) is 4.39 Å². The minimum absolute atomic E-state index is 0.176. The lowest BCUT2D eigenvalue weighted by Crippen LogP contribution is -2.47. The van der Waals surface area contributed by atoms with Gasteiger partial charge in [0.15, 0.2) is 0 Å². The SMILES string of the molecule is CCC1CCN(C(C)c2cncc(F)c2)C(CN)C1. The molecule has 1 aromatic heterocycles. The molecule has 0 spiro atoms. The number of nitrogens with two attached hydrogens (primary N) is 1. The van der Waals surface area contributed by atoms with Crippen LogP contribution in [0.1, 0.15) is 44.7 Å². The molecule has 1 aromatic rings. The summed E-state index contributed by atoms with van der Waals surface area (Å²) in [5, 5.41) is 0. The van der Waals surface area contributed by atoms with E-state index in [-0.39, 0.29) is 11.9 Å². The maximum absolute atomic E-state index is 13.3. The summed E-state index contributed by atoms with van der Waals surface area (Å²) in [6.45, 7) is 6.07. The zero-order valence-corrected chi connectivity index (χ0v) is 11.8. The van der Waals surface area contributed by atoms with Crippen LogP contribution in [0.15, 0.2) is 18.5 Å². The molecule has 0 aliphatic carbocycles. The molecule has 3 nitrogen and oxygen atoms in total. The largest absolute Gasteiger partial charge is 0.329 e. The summed E-state index contributed by atoms with van der Waals surface area (Å²) in [5.74, 6) is 0.514. The molecule has 1 saturated heterocycles. The second kappa shape index (κ2) is 6.44. The second-order valence-electron chi connectivity index (χ2n) is 5.54. The Morgan fingerprint density at radius 1 is 1.53 bits per heavy atom. The van der Waals surface area contributed by atoms with Gasteiger partial charge in [-0.25, -0.2) is 4.39 Å². The van der Waals surface area contributed by atoms with Crippen molar-refractivity contribution in [3.8, 4) is 0 Å². The molecule has 0 amide bonds. The van der Waals surface area contributed by atoms with Crippen molar-refractivity contribution in [1.82, 2.24) is 9.88 Å². The number of pyridine rings is 1. The topological polar surface area (TPSA) is 42.2 Å². The first-order valence-electron chi connectivity index (χ1n) is 7.22. The Morgan fingerprint density at radius 2 is 2.32 bits per heavy atom. The highest BCUT2D eigenvalue weighted by atomic mass is 19.1. The number of likely N-dealkylation sites (tertiary alicyclic amines) is 1. The molecule has 3 atom stereocenters. The van der Waals surface area contributed by atoms with E-state index in [1.807, 2.05) is 0 Å². The van der Waals surface area contributed by atoms with E-state index in [4.69, 9.17) is 5.73 Å². The van der Waals surface area contributed by atoms with Crippen molar-refractivity contribution in [2.75, 3.05) is 13.1 Å². The number of piperidine rings is 1. The lowest BCUT2D eigenvalue weighted by molar-refractivity contribution is 0.0770. The predicted molar refractivity (Wildman–Crippen MR) is 75.2 cm³/mol. The van der Waals surface area contributed by atoms with Crippen molar-refractivity contribution < 1.29 is 4.39 Å². The molecule has 2 heterocycles. The zero-order chi connectivity index (χ0) is 13.8. The summed E-state index contributed by atoms with van der Waals surface area (Å²) >= 11 is 0. The van der Waals surface area contributed by atoms with Crippen LogP contribution in [0.3, 0.4) is 0 Å². The quantitative estimate of drug-likeness (QED) is 0.910. The first-order valence-corrected chi connectivity index (χ1v) is 7.22. The average molecular weight is 265 g/mol. The van der Waals surface area contributed by atoms with Crippen LogP contribution < -0.4 is 5.73 Å². The molecule has 106 valence electrons. The molecule has 4 heteroatoms. The van der Waals surface area contributed by atoms with E-state index in [1.54, 1.807) is 12.3 Å². The van der Waals surface area contributed by atoms with Crippen LogP contribution in [0.25, 0.3) is 0 Å². The first-order chi connectivity index (χ1) is 9.15. The zero-order valence-electron chi connectivity index (χ0n) is 11.8. The Balaban J connectivity index is 2.11. The van der Waals surface area contributed by atoms with Crippen molar-refractivity contribution in [3.63, 3.8) is 0 Å².